The van der Waals surface area contributed by atoms with E-state index in [2.05, 4.69) is 10.2 Å². The molecule has 0 aliphatic carbocycles. The lowest BCUT2D eigenvalue weighted by atomic mass is 9.97. The number of hydrogen-bond donors (Lipinski definition) is 1. The smallest absolute Gasteiger partial charge is 0.267 e. The molecule has 1 N–H and O–H groups in total. The minimum atomic E-state index is -5.48. The van der Waals surface area contributed by atoms with E-state index >= 15 is 0 Å². The number of nitrogens with zero attached hydrogens (tertiary/aromatic N) is 1. The van der Waals surface area contributed by atoms with Gasteiger partial charge in [0.2, 0.25) is 0 Å². The van der Waals surface area contributed by atoms with E-state index in [-0.39, 0.29) is 16.7 Å². The lowest BCUT2D eigenvalue weighted by Crippen LogP contribution is -2.23. The standard InChI is InChI=1S/C17H10F4N2O3S/c18-12-5-1-11(2-6-12)15-14(9-22-23-16(15)24)10-3-7-13(8-4-10)27(25,26)17(19,20)21/h1-9H,(H,23,24). The summed E-state index contributed by atoms with van der Waals surface area (Å²) in [5.74, 6) is -0.507. The number of rotatable bonds is 3. The van der Waals surface area contributed by atoms with Crippen LogP contribution in [0, 0.1) is 5.82 Å². The Morgan fingerprint density at radius 3 is 2.00 bits per heavy atom. The SMILES string of the molecule is O=c1[nH]ncc(-c2ccc(S(=O)(=O)C(F)(F)F)cc2)c1-c1ccc(F)cc1. The summed E-state index contributed by atoms with van der Waals surface area (Å²) in [5.41, 5.74) is -5.00. The summed E-state index contributed by atoms with van der Waals surface area (Å²) >= 11 is 0. The van der Waals surface area contributed by atoms with Crippen LogP contribution in [0.15, 0.2) is 64.4 Å². The molecule has 0 saturated heterocycles. The first-order valence-electron chi connectivity index (χ1n) is 7.36. The second kappa shape index (κ2) is 6.62. The maximum Gasteiger partial charge on any atom is 0.501 e. The van der Waals surface area contributed by atoms with Crippen LogP contribution < -0.4 is 5.56 Å². The molecule has 1 aromatic heterocycles. The van der Waals surface area contributed by atoms with Crippen molar-refractivity contribution >= 4 is 9.84 Å². The zero-order valence-corrected chi connectivity index (χ0v) is 14.1. The van der Waals surface area contributed by atoms with Gasteiger partial charge in [-0.3, -0.25) is 4.79 Å². The van der Waals surface area contributed by atoms with Crippen LogP contribution in [0.4, 0.5) is 17.6 Å². The number of sulfone groups is 1. The Balaban J connectivity index is 2.12. The molecule has 0 aliphatic rings. The first kappa shape index (κ1) is 18.8. The highest BCUT2D eigenvalue weighted by molar-refractivity contribution is 7.92. The molecule has 1 heterocycles. The van der Waals surface area contributed by atoms with Crippen molar-refractivity contribution in [3.8, 4) is 22.3 Å². The summed E-state index contributed by atoms with van der Waals surface area (Å²) in [6.07, 6.45) is 1.27. The lowest BCUT2D eigenvalue weighted by Gasteiger charge is -2.11. The van der Waals surface area contributed by atoms with Crippen molar-refractivity contribution in [2.24, 2.45) is 0 Å². The second-order valence-electron chi connectivity index (χ2n) is 5.47. The molecule has 2 aromatic carbocycles. The molecular formula is C17H10F4N2O3S. The first-order chi connectivity index (χ1) is 12.6. The summed E-state index contributed by atoms with van der Waals surface area (Å²) < 4.78 is 73.9. The average Bonchev–Trinajstić information content (AvgIpc) is 2.62. The predicted molar refractivity (Wildman–Crippen MR) is 88.9 cm³/mol. The molecule has 5 nitrogen and oxygen atoms in total. The lowest BCUT2D eigenvalue weighted by molar-refractivity contribution is -0.0436. The molecule has 0 aliphatic heterocycles. The van der Waals surface area contributed by atoms with E-state index in [1.165, 1.54) is 18.3 Å². The van der Waals surface area contributed by atoms with E-state index < -0.39 is 31.6 Å². The Morgan fingerprint density at radius 1 is 0.889 bits per heavy atom. The van der Waals surface area contributed by atoms with E-state index in [0.29, 0.717) is 5.56 Å². The Kier molecular flexibility index (Phi) is 4.60. The van der Waals surface area contributed by atoms with E-state index in [1.807, 2.05) is 0 Å². The fourth-order valence-electron chi connectivity index (χ4n) is 2.47. The highest BCUT2D eigenvalue weighted by Crippen LogP contribution is 2.33. The number of alkyl halides is 3. The van der Waals surface area contributed by atoms with Crippen LogP contribution in [-0.2, 0) is 9.84 Å². The van der Waals surface area contributed by atoms with Gasteiger partial charge in [-0.25, -0.2) is 17.9 Å². The second-order valence-corrected chi connectivity index (χ2v) is 7.41. The Labute approximate surface area is 150 Å². The van der Waals surface area contributed by atoms with Crippen molar-refractivity contribution in [2.75, 3.05) is 0 Å². The highest BCUT2D eigenvalue weighted by atomic mass is 32.2. The quantitative estimate of drug-likeness (QED) is 0.685. The molecule has 3 aromatic rings. The zero-order valence-electron chi connectivity index (χ0n) is 13.3. The van der Waals surface area contributed by atoms with Gasteiger partial charge in [-0.2, -0.15) is 18.3 Å². The van der Waals surface area contributed by atoms with Crippen molar-refractivity contribution in [1.82, 2.24) is 10.2 Å². The van der Waals surface area contributed by atoms with Gasteiger partial charge < -0.3 is 0 Å². The van der Waals surface area contributed by atoms with E-state index in [4.69, 9.17) is 0 Å². The van der Waals surface area contributed by atoms with Crippen molar-refractivity contribution in [2.45, 2.75) is 10.4 Å². The van der Waals surface area contributed by atoms with Gasteiger partial charge in [-0.1, -0.05) is 24.3 Å². The summed E-state index contributed by atoms with van der Waals surface area (Å²) in [6.45, 7) is 0. The monoisotopic (exact) mass is 398 g/mol. The largest absolute Gasteiger partial charge is 0.501 e. The molecule has 0 bridgehead atoms. The molecule has 0 atom stereocenters. The number of benzene rings is 2. The number of aromatic amines is 1. The van der Waals surface area contributed by atoms with Crippen LogP contribution in [0.3, 0.4) is 0 Å². The van der Waals surface area contributed by atoms with Gasteiger partial charge in [0.05, 0.1) is 16.7 Å². The summed E-state index contributed by atoms with van der Waals surface area (Å²) in [7, 11) is -5.48. The molecule has 27 heavy (non-hydrogen) atoms. The van der Waals surface area contributed by atoms with Gasteiger partial charge in [0.15, 0.2) is 0 Å². The van der Waals surface area contributed by atoms with E-state index in [9.17, 15) is 30.8 Å². The van der Waals surface area contributed by atoms with Gasteiger partial charge in [-0.05, 0) is 35.4 Å². The normalized spacial score (nSPS) is 12.1. The molecule has 0 amide bonds. The topological polar surface area (TPSA) is 79.9 Å². The fraction of sp³-hybridized carbons (Fsp3) is 0.0588. The number of nitrogens with one attached hydrogen (secondary N) is 1. The zero-order chi connectivity index (χ0) is 19.8. The first-order valence-corrected chi connectivity index (χ1v) is 8.85. The molecular weight excluding hydrogens is 388 g/mol. The Morgan fingerprint density at radius 2 is 1.44 bits per heavy atom. The van der Waals surface area contributed by atoms with Gasteiger partial charge in [0, 0.05) is 5.56 Å². The van der Waals surface area contributed by atoms with Crippen molar-refractivity contribution in [3.63, 3.8) is 0 Å². The van der Waals surface area contributed by atoms with Crippen LogP contribution in [0.5, 0.6) is 0 Å². The number of hydrogen-bond acceptors (Lipinski definition) is 4. The van der Waals surface area contributed by atoms with Gasteiger partial charge in [0.25, 0.3) is 15.4 Å². The number of H-pyrrole nitrogens is 1. The van der Waals surface area contributed by atoms with Gasteiger partial charge >= 0.3 is 5.51 Å². The van der Waals surface area contributed by atoms with Gasteiger partial charge in [0.1, 0.15) is 5.82 Å². The summed E-state index contributed by atoms with van der Waals surface area (Å²) in [4.78, 5) is 11.3. The fourth-order valence-corrected chi connectivity index (χ4v) is 3.23. The molecule has 140 valence electrons. The van der Waals surface area contributed by atoms with Crippen LogP contribution in [0.1, 0.15) is 0 Å². The Bertz CT molecular complexity index is 1140. The molecule has 10 heteroatoms. The number of halogens is 4. The molecule has 0 unspecified atom stereocenters. The molecule has 0 fully saturated rings. The summed E-state index contributed by atoms with van der Waals surface area (Å²) in [6, 6.07) is 8.92. The van der Waals surface area contributed by atoms with Crippen LogP contribution in [0.2, 0.25) is 0 Å². The van der Waals surface area contributed by atoms with Crippen molar-refractivity contribution < 1.29 is 26.0 Å². The van der Waals surface area contributed by atoms with Crippen molar-refractivity contribution in [1.29, 1.82) is 0 Å². The maximum atomic E-state index is 13.1. The van der Waals surface area contributed by atoms with E-state index in [0.717, 1.165) is 36.4 Å². The number of aromatic nitrogens is 2. The minimum absolute atomic E-state index is 0.122. The highest BCUT2D eigenvalue weighted by Gasteiger charge is 2.46. The van der Waals surface area contributed by atoms with Crippen LogP contribution >= 0.6 is 0 Å². The average molecular weight is 398 g/mol. The summed E-state index contributed by atoms with van der Waals surface area (Å²) in [5, 5.41) is 5.90. The molecule has 0 radical (unpaired) electrons. The van der Waals surface area contributed by atoms with Crippen molar-refractivity contribution in [3.05, 3.63) is 70.9 Å². The minimum Gasteiger partial charge on any atom is -0.267 e. The molecule has 0 saturated carbocycles. The third-order valence-electron chi connectivity index (χ3n) is 3.77. The Hall–Kier alpha value is -3.01. The predicted octanol–water partition coefficient (Wildman–Crippen LogP) is 3.54. The van der Waals surface area contributed by atoms with E-state index in [1.54, 1.807) is 0 Å². The molecule has 0 spiro atoms. The molecule has 3 rings (SSSR count). The van der Waals surface area contributed by atoms with Crippen LogP contribution in [0.25, 0.3) is 22.3 Å². The third-order valence-corrected chi connectivity index (χ3v) is 5.27. The maximum absolute atomic E-state index is 13.1. The van der Waals surface area contributed by atoms with Crippen LogP contribution in [-0.4, -0.2) is 24.1 Å². The third kappa shape index (κ3) is 3.47. The van der Waals surface area contributed by atoms with Gasteiger partial charge in [-0.15, -0.1) is 0 Å².